The molecule has 0 aliphatic carbocycles. The van der Waals surface area contributed by atoms with E-state index in [-0.39, 0.29) is 37.2 Å². The lowest BCUT2D eigenvalue weighted by Gasteiger charge is -2.46. The molecule has 1 aliphatic heterocycles. The van der Waals surface area contributed by atoms with E-state index in [0.717, 1.165) is 57.7 Å². The minimum absolute atomic E-state index is 0.0367. The molecule has 5 atom stereocenters. The van der Waals surface area contributed by atoms with Crippen LogP contribution in [-0.4, -0.2) is 75.4 Å². The molecule has 7 aromatic rings. The molecule has 8 rings (SSSR count). The molecule has 1 aromatic heterocycles. The summed E-state index contributed by atoms with van der Waals surface area (Å²) >= 11 is 0. The van der Waals surface area contributed by atoms with Crippen molar-refractivity contribution in [3.63, 3.8) is 0 Å². The van der Waals surface area contributed by atoms with Gasteiger partial charge in [0.15, 0.2) is 6.29 Å². The Morgan fingerprint density at radius 3 is 1.97 bits per heavy atom. The predicted octanol–water partition coefficient (Wildman–Crippen LogP) is 9.39. The van der Waals surface area contributed by atoms with Gasteiger partial charge in [-0.2, -0.15) is 0 Å². The number of nitrogens with zero attached hydrogens (tertiary/aromatic N) is 1. The zero-order valence-corrected chi connectivity index (χ0v) is 38.1. The van der Waals surface area contributed by atoms with Crippen molar-refractivity contribution in [3.05, 3.63) is 186 Å². The molecule has 1 N–H and O–H groups in total. The zero-order valence-electron chi connectivity index (χ0n) is 37.3. The number of carbonyl (C=O) groups is 1. The lowest BCUT2D eigenvalue weighted by atomic mass is 9.97. The van der Waals surface area contributed by atoms with E-state index in [4.69, 9.17) is 28.4 Å². The van der Waals surface area contributed by atoms with Crippen LogP contribution in [0.1, 0.15) is 48.4 Å². The van der Waals surface area contributed by atoms with Crippen LogP contribution in [0.15, 0.2) is 169 Å². The number of rotatable bonds is 23. The summed E-state index contributed by atoms with van der Waals surface area (Å²) < 4.78 is 69.9. The van der Waals surface area contributed by atoms with Gasteiger partial charge in [-0.25, -0.2) is 12.4 Å². The van der Waals surface area contributed by atoms with Crippen molar-refractivity contribution in [1.82, 2.24) is 9.29 Å². The number of hydrogen-bond donors (Lipinski definition) is 1. The summed E-state index contributed by atoms with van der Waals surface area (Å²) in [5, 5.41) is 5.91. The summed E-state index contributed by atoms with van der Waals surface area (Å²) in [6.45, 7) is 3.87. The van der Waals surface area contributed by atoms with Crippen molar-refractivity contribution in [1.29, 1.82) is 0 Å². The average molecular weight is 911 g/mol. The van der Waals surface area contributed by atoms with Gasteiger partial charge < -0.3 is 33.7 Å². The highest BCUT2D eigenvalue weighted by Crippen LogP contribution is 2.33. The molecule has 0 spiro atoms. The van der Waals surface area contributed by atoms with E-state index in [2.05, 4.69) is 35.6 Å². The Bertz CT molecular complexity index is 2710. The Balaban J connectivity index is 1.08. The van der Waals surface area contributed by atoms with Crippen LogP contribution >= 0.6 is 0 Å². The molecule has 11 nitrogen and oxygen atoms in total. The second kappa shape index (κ2) is 23.2. The normalized spacial score (nSPS) is 18.7. The SMILES string of the molecule is CC(=O)NCCCCCOC[C@H]1O[C@@H](OCCc2cn(S(=O)(=O)c3ccccc3)c3ccccc23)[C@H](OCc2ccc3ccccc3c2)[C@@H](OCc2ccccc2)[C@@H]1OCc1ccccc1. The summed E-state index contributed by atoms with van der Waals surface area (Å²) in [4.78, 5) is 11.6. The van der Waals surface area contributed by atoms with Crippen LogP contribution in [0.4, 0.5) is 0 Å². The predicted molar refractivity (Wildman–Crippen MR) is 255 cm³/mol. The maximum atomic E-state index is 13.9. The van der Waals surface area contributed by atoms with Crippen LogP contribution in [0.3, 0.4) is 0 Å². The molecule has 12 heteroatoms. The molecule has 0 saturated carbocycles. The highest BCUT2D eigenvalue weighted by molar-refractivity contribution is 7.90. The van der Waals surface area contributed by atoms with Gasteiger partial charge in [-0.3, -0.25) is 4.79 Å². The Morgan fingerprint density at radius 2 is 1.24 bits per heavy atom. The maximum Gasteiger partial charge on any atom is 0.268 e. The van der Waals surface area contributed by atoms with Crippen LogP contribution < -0.4 is 5.32 Å². The van der Waals surface area contributed by atoms with E-state index in [9.17, 15) is 13.2 Å². The molecular formula is C54H58N2O9S. The third-order valence-corrected chi connectivity index (χ3v) is 13.4. The Morgan fingerprint density at radius 1 is 0.621 bits per heavy atom. The van der Waals surface area contributed by atoms with Crippen molar-refractivity contribution in [2.24, 2.45) is 0 Å². The highest BCUT2D eigenvalue weighted by atomic mass is 32.2. The quantitative estimate of drug-likeness (QED) is 0.0626. The van der Waals surface area contributed by atoms with E-state index in [1.54, 1.807) is 36.5 Å². The monoisotopic (exact) mass is 910 g/mol. The molecule has 6 aromatic carbocycles. The van der Waals surface area contributed by atoms with E-state index in [0.29, 0.717) is 31.7 Å². The number of amides is 1. The van der Waals surface area contributed by atoms with Crippen molar-refractivity contribution in [2.45, 2.75) is 88.0 Å². The van der Waals surface area contributed by atoms with E-state index >= 15 is 0 Å². The van der Waals surface area contributed by atoms with Crippen LogP contribution in [0.5, 0.6) is 0 Å². The third-order valence-electron chi connectivity index (χ3n) is 11.8. The van der Waals surface area contributed by atoms with Gasteiger partial charge in [0.25, 0.3) is 10.0 Å². The number of para-hydroxylation sites is 1. The van der Waals surface area contributed by atoms with E-state index < -0.39 is 40.7 Å². The average Bonchev–Trinajstić information content (AvgIpc) is 3.73. The van der Waals surface area contributed by atoms with Gasteiger partial charge >= 0.3 is 0 Å². The molecule has 1 fully saturated rings. The van der Waals surface area contributed by atoms with Gasteiger partial charge in [0, 0.05) is 31.7 Å². The molecule has 1 amide bonds. The van der Waals surface area contributed by atoms with E-state index in [1.807, 2.05) is 97.1 Å². The smallest absolute Gasteiger partial charge is 0.268 e. The molecule has 2 heterocycles. The lowest BCUT2D eigenvalue weighted by Crippen LogP contribution is -2.61. The second-order valence-corrected chi connectivity index (χ2v) is 18.4. The van der Waals surface area contributed by atoms with Crippen molar-refractivity contribution in [2.75, 3.05) is 26.4 Å². The maximum absolute atomic E-state index is 13.9. The topological polar surface area (TPSA) is 124 Å². The summed E-state index contributed by atoms with van der Waals surface area (Å²) in [7, 11) is -3.87. The fraction of sp³-hybridized carbons (Fsp3) is 0.315. The number of unbranched alkanes of at least 4 members (excludes halogenated alkanes) is 2. The minimum Gasteiger partial charge on any atom is -0.379 e. The van der Waals surface area contributed by atoms with E-state index in [1.165, 1.54) is 10.9 Å². The van der Waals surface area contributed by atoms with Gasteiger partial charge in [-0.1, -0.05) is 133 Å². The molecule has 1 aliphatic rings. The van der Waals surface area contributed by atoms with Crippen molar-refractivity contribution < 1.29 is 41.6 Å². The van der Waals surface area contributed by atoms with Gasteiger partial charge in [0.05, 0.1) is 43.4 Å². The standard InChI is InChI=1S/C54H58N2O9S/c1-40(57)55-31-16-5-17-32-60-39-50-51(62-36-41-18-6-2-7-19-41)52(63-37-42-20-8-3-9-21-42)53(64-38-43-28-29-44-22-12-13-23-45(44)34-43)54(65-50)61-33-30-46-35-56(49-27-15-14-26-48(46)49)66(58,59)47-24-10-4-11-25-47/h2-4,6-15,18-29,34-35,50-54H,5,16-17,30-33,36-39H2,1H3,(H,55,57)/t50-,51-,52+,53-,54-/m1/s1. The first-order valence-corrected chi connectivity index (χ1v) is 24.2. The Labute approximate surface area is 387 Å². The number of benzene rings is 6. The Kier molecular flexibility index (Phi) is 16.4. The largest absolute Gasteiger partial charge is 0.379 e. The first-order valence-electron chi connectivity index (χ1n) is 22.7. The molecule has 66 heavy (non-hydrogen) atoms. The molecule has 1 saturated heterocycles. The fourth-order valence-corrected chi connectivity index (χ4v) is 9.76. The van der Waals surface area contributed by atoms with Crippen LogP contribution in [0.25, 0.3) is 21.7 Å². The van der Waals surface area contributed by atoms with Crippen LogP contribution in [0, 0.1) is 0 Å². The molecule has 0 bridgehead atoms. The fourth-order valence-electron chi connectivity index (χ4n) is 8.35. The van der Waals surface area contributed by atoms with Crippen LogP contribution in [0.2, 0.25) is 0 Å². The van der Waals surface area contributed by atoms with Gasteiger partial charge in [0.2, 0.25) is 5.91 Å². The van der Waals surface area contributed by atoms with Gasteiger partial charge in [-0.15, -0.1) is 0 Å². The summed E-state index contributed by atoms with van der Waals surface area (Å²) in [6, 6.07) is 50.5. The third kappa shape index (κ3) is 12.2. The molecular weight excluding hydrogens is 853 g/mol. The first-order chi connectivity index (χ1) is 32.3. The van der Waals surface area contributed by atoms with Crippen molar-refractivity contribution in [3.8, 4) is 0 Å². The second-order valence-electron chi connectivity index (χ2n) is 16.5. The van der Waals surface area contributed by atoms with Crippen LogP contribution in [-0.2, 0) is 69.5 Å². The summed E-state index contributed by atoms with van der Waals surface area (Å²) in [6.07, 6.45) is 1.04. The highest BCUT2D eigenvalue weighted by Gasteiger charge is 2.49. The number of hydrogen-bond acceptors (Lipinski definition) is 9. The number of fused-ring (bicyclic) bond motifs is 2. The van der Waals surface area contributed by atoms with Gasteiger partial charge in [-0.05, 0) is 83.0 Å². The van der Waals surface area contributed by atoms with Gasteiger partial charge in [0.1, 0.15) is 24.4 Å². The first kappa shape index (κ1) is 46.8. The van der Waals surface area contributed by atoms with Crippen molar-refractivity contribution >= 4 is 37.6 Å². The number of carbonyl (C=O) groups excluding carboxylic acids is 1. The summed E-state index contributed by atoms with van der Waals surface area (Å²) in [5.74, 6) is -0.0367. The molecule has 0 unspecified atom stereocenters. The number of aromatic nitrogens is 1. The molecule has 0 radical (unpaired) electrons. The Hall–Kier alpha value is -5.70. The molecule has 344 valence electrons. The summed E-state index contributed by atoms with van der Waals surface area (Å²) in [5.41, 5.74) is 4.37. The number of ether oxygens (including phenoxy) is 6. The zero-order chi connectivity index (χ0) is 45.6. The lowest BCUT2D eigenvalue weighted by molar-refractivity contribution is -0.328. The number of nitrogens with one attached hydrogen (secondary N) is 1. The minimum atomic E-state index is -3.87.